The third kappa shape index (κ3) is 2.67. The molecule has 0 aliphatic heterocycles. The summed E-state index contributed by atoms with van der Waals surface area (Å²) in [5, 5.41) is 8.72. The Morgan fingerprint density at radius 2 is 1.37 bits per heavy atom. The Balaban J connectivity index is 2.29. The molecule has 0 fully saturated rings. The minimum Gasteiger partial charge on any atom is -0.363 e. The second-order valence-electron chi connectivity index (χ2n) is 3.96. The zero-order valence-corrected chi connectivity index (χ0v) is 9.96. The van der Waals surface area contributed by atoms with Gasteiger partial charge in [0.1, 0.15) is 0 Å². The van der Waals surface area contributed by atoms with Crippen LogP contribution in [0, 0.1) is 11.3 Å². The molecule has 92 valence electrons. The van der Waals surface area contributed by atoms with E-state index in [1.54, 1.807) is 36.4 Å². The lowest BCUT2D eigenvalue weighted by Crippen LogP contribution is -2.22. The van der Waals surface area contributed by atoms with E-state index >= 15 is 0 Å². The Bertz CT molecular complexity index is 665. The first-order valence-corrected chi connectivity index (χ1v) is 5.56. The number of carbonyl (C=O) groups excluding carboxylic acids is 2. The van der Waals surface area contributed by atoms with Gasteiger partial charge < -0.3 is 5.73 Å². The fraction of sp³-hybridized carbons (Fsp3) is 0. The number of carbonyl (C=O) groups is 2. The lowest BCUT2D eigenvalue weighted by Gasteiger charge is -2.03. The highest BCUT2D eigenvalue weighted by molar-refractivity contribution is 6.42. The van der Waals surface area contributed by atoms with Crippen molar-refractivity contribution in [3.63, 3.8) is 0 Å². The van der Waals surface area contributed by atoms with Crippen molar-refractivity contribution in [1.29, 1.82) is 5.26 Å². The van der Waals surface area contributed by atoms with E-state index in [0.717, 1.165) is 11.1 Å². The number of rotatable bonds is 3. The molecule has 0 atom stereocenters. The first-order valence-electron chi connectivity index (χ1n) is 5.56. The summed E-state index contributed by atoms with van der Waals surface area (Å²) in [6.45, 7) is 0. The molecule has 0 radical (unpaired) electrons. The summed E-state index contributed by atoms with van der Waals surface area (Å²) in [7, 11) is 0. The highest BCUT2D eigenvalue weighted by Crippen LogP contribution is 2.20. The summed E-state index contributed by atoms with van der Waals surface area (Å²) in [5.41, 5.74) is 7.61. The Kier molecular flexibility index (Phi) is 3.39. The van der Waals surface area contributed by atoms with Gasteiger partial charge in [0, 0.05) is 5.56 Å². The quantitative estimate of drug-likeness (QED) is 0.666. The summed E-state index contributed by atoms with van der Waals surface area (Å²) in [6, 6.07) is 15.7. The SMILES string of the molecule is N#Cc1ccc(-c2ccc(C(=O)C(N)=O)cc2)cc1. The second kappa shape index (κ2) is 5.15. The van der Waals surface area contributed by atoms with Gasteiger partial charge in [-0.3, -0.25) is 9.59 Å². The molecule has 1 amide bonds. The van der Waals surface area contributed by atoms with Crippen molar-refractivity contribution in [1.82, 2.24) is 0 Å². The molecule has 0 spiro atoms. The zero-order valence-electron chi connectivity index (χ0n) is 9.96. The lowest BCUT2D eigenvalue weighted by atomic mass is 10.0. The summed E-state index contributed by atoms with van der Waals surface area (Å²) in [6.07, 6.45) is 0. The summed E-state index contributed by atoms with van der Waals surface area (Å²) >= 11 is 0. The number of ketones is 1. The van der Waals surface area contributed by atoms with Crippen LogP contribution in [0.3, 0.4) is 0 Å². The third-order valence-electron chi connectivity index (χ3n) is 2.72. The van der Waals surface area contributed by atoms with Crippen molar-refractivity contribution < 1.29 is 9.59 Å². The minimum absolute atomic E-state index is 0.268. The molecule has 2 rings (SSSR count). The van der Waals surface area contributed by atoms with E-state index in [2.05, 4.69) is 0 Å². The Morgan fingerprint density at radius 1 is 0.895 bits per heavy atom. The number of primary amides is 1. The van der Waals surface area contributed by atoms with E-state index in [-0.39, 0.29) is 5.56 Å². The minimum atomic E-state index is -0.967. The smallest absolute Gasteiger partial charge is 0.289 e. The summed E-state index contributed by atoms with van der Waals surface area (Å²) in [4.78, 5) is 22.1. The molecule has 0 saturated carbocycles. The molecule has 0 aromatic heterocycles. The molecule has 0 unspecified atom stereocenters. The van der Waals surface area contributed by atoms with Crippen LogP contribution in [0.1, 0.15) is 15.9 Å². The van der Waals surface area contributed by atoms with Crippen LogP contribution in [0.4, 0.5) is 0 Å². The first-order chi connectivity index (χ1) is 9.11. The van der Waals surface area contributed by atoms with Crippen molar-refractivity contribution >= 4 is 11.7 Å². The van der Waals surface area contributed by atoms with Crippen molar-refractivity contribution in [2.45, 2.75) is 0 Å². The van der Waals surface area contributed by atoms with Gasteiger partial charge in [0.15, 0.2) is 0 Å². The molecule has 0 bridgehead atoms. The molecule has 19 heavy (non-hydrogen) atoms. The Labute approximate surface area is 110 Å². The standard InChI is InChI=1S/C15H10N2O2/c16-9-10-1-3-11(4-2-10)12-5-7-13(8-6-12)14(18)15(17)19/h1-8H,(H2,17,19). The number of hydrogen-bond acceptors (Lipinski definition) is 3. The molecule has 2 aromatic rings. The highest BCUT2D eigenvalue weighted by Gasteiger charge is 2.11. The molecule has 0 aliphatic carbocycles. The molecule has 4 heteroatoms. The van der Waals surface area contributed by atoms with Gasteiger partial charge in [0.2, 0.25) is 5.78 Å². The largest absolute Gasteiger partial charge is 0.363 e. The van der Waals surface area contributed by atoms with Crippen LogP contribution in [-0.4, -0.2) is 11.7 Å². The van der Waals surface area contributed by atoms with Gasteiger partial charge in [-0.1, -0.05) is 36.4 Å². The third-order valence-corrected chi connectivity index (χ3v) is 2.72. The van der Waals surface area contributed by atoms with Crippen LogP contribution in [-0.2, 0) is 4.79 Å². The number of amides is 1. The van der Waals surface area contributed by atoms with Crippen molar-refractivity contribution in [2.75, 3.05) is 0 Å². The topological polar surface area (TPSA) is 83.9 Å². The van der Waals surface area contributed by atoms with Gasteiger partial charge in [-0.15, -0.1) is 0 Å². The van der Waals surface area contributed by atoms with E-state index in [1.807, 2.05) is 18.2 Å². The van der Waals surface area contributed by atoms with Crippen LogP contribution in [0.25, 0.3) is 11.1 Å². The second-order valence-corrected chi connectivity index (χ2v) is 3.96. The van der Waals surface area contributed by atoms with Gasteiger partial charge in [-0.2, -0.15) is 5.26 Å². The van der Waals surface area contributed by atoms with Crippen LogP contribution in [0.5, 0.6) is 0 Å². The maximum absolute atomic E-state index is 11.4. The monoisotopic (exact) mass is 250 g/mol. The van der Waals surface area contributed by atoms with Gasteiger partial charge in [0.25, 0.3) is 5.91 Å². The van der Waals surface area contributed by atoms with Gasteiger partial charge in [0.05, 0.1) is 11.6 Å². The van der Waals surface area contributed by atoms with E-state index in [9.17, 15) is 9.59 Å². The van der Waals surface area contributed by atoms with Crippen LogP contribution >= 0.6 is 0 Å². The van der Waals surface area contributed by atoms with Crippen LogP contribution in [0.2, 0.25) is 0 Å². The number of nitrogens with zero attached hydrogens (tertiary/aromatic N) is 1. The molecular weight excluding hydrogens is 240 g/mol. The van der Waals surface area contributed by atoms with Gasteiger partial charge in [-0.25, -0.2) is 0 Å². The molecule has 2 N–H and O–H groups in total. The summed E-state index contributed by atoms with van der Waals surface area (Å²) < 4.78 is 0. The number of hydrogen-bond donors (Lipinski definition) is 1. The zero-order chi connectivity index (χ0) is 13.8. The number of nitrogens with two attached hydrogens (primary N) is 1. The van der Waals surface area contributed by atoms with Gasteiger partial charge in [-0.05, 0) is 23.3 Å². The number of Topliss-reactive ketones (excluding diaryl/α,β-unsaturated/α-hetero) is 1. The van der Waals surface area contributed by atoms with Crippen molar-refractivity contribution in [3.8, 4) is 17.2 Å². The molecular formula is C15H10N2O2. The van der Waals surface area contributed by atoms with Crippen LogP contribution in [0.15, 0.2) is 48.5 Å². The average Bonchev–Trinajstić information content (AvgIpc) is 2.46. The average molecular weight is 250 g/mol. The van der Waals surface area contributed by atoms with E-state index in [0.29, 0.717) is 5.56 Å². The maximum Gasteiger partial charge on any atom is 0.289 e. The number of benzene rings is 2. The highest BCUT2D eigenvalue weighted by atomic mass is 16.2. The molecule has 2 aromatic carbocycles. The number of nitriles is 1. The maximum atomic E-state index is 11.4. The fourth-order valence-corrected chi connectivity index (χ4v) is 1.69. The lowest BCUT2D eigenvalue weighted by molar-refractivity contribution is -0.114. The predicted molar refractivity (Wildman–Crippen MR) is 70.1 cm³/mol. The normalized spacial score (nSPS) is 9.63. The Hall–Kier alpha value is -2.93. The van der Waals surface area contributed by atoms with Gasteiger partial charge >= 0.3 is 0 Å². The van der Waals surface area contributed by atoms with E-state index < -0.39 is 11.7 Å². The predicted octanol–water partition coefficient (Wildman–Crippen LogP) is 1.89. The molecule has 4 nitrogen and oxygen atoms in total. The van der Waals surface area contributed by atoms with Crippen LogP contribution < -0.4 is 5.73 Å². The first kappa shape index (κ1) is 12.5. The fourth-order valence-electron chi connectivity index (χ4n) is 1.69. The van der Waals surface area contributed by atoms with Crippen molar-refractivity contribution in [3.05, 3.63) is 59.7 Å². The molecule has 0 saturated heterocycles. The summed E-state index contributed by atoms with van der Waals surface area (Å²) in [5.74, 6) is -1.67. The van der Waals surface area contributed by atoms with E-state index in [1.165, 1.54) is 0 Å². The molecule has 0 heterocycles. The van der Waals surface area contributed by atoms with E-state index in [4.69, 9.17) is 11.0 Å². The molecule has 0 aliphatic rings. The van der Waals surface area contributed by atoms with Crippen molar-refractivity contribution in [2.24, 2.45) is 5.73 Å². The Morgan fingerprint density at radius 3 is 1.79 bits per heavy atom.